The number of hydrogen-bond donors (Lipinski definition) is 3. The van der Waals surface area contributed by atoms with E-state index in [9.17, 15) is 14.4 Å². The molecule has 0 aliphatic carbocycles. The van der Waals surface area contributed by atoms with Crippen LogP contribution in [0, 0.1) is 5.41 Å². The summed E-state index contributed by atoms with van der Waals surface area (Å²) < 4.78 is 10.5. The van der Waals surface area contributed by atoms with Gasteiger partial charge in [0.1, 0.15) is 6.10 Å². The van der Waals surface area contributed by atoms with E-state index in [4.69, 9.17) is 9.47 Å². The lowest BCUT2D eigenvalue weighted by Gasteiger charge is -2.31. The Labute approximate surface area is 319 Å². The van der Waals surface area contributed by atoms with Gasteiger partial charge in [-0.15, -0.1) is 5.73 Å². The third-order valence-corrected chi connectivity index (χ3v) is 9.54. The van der Waals surface area contributed by atoms with E-state index in [1.54, 1.807) is 28.7 Å². The molecule has 0 aliphatic rings. The van der Waals surface area contributed by atoms with E-state index in [-0.39, 0.29) is 30.7 Å². The van der Waals surface area contributed by atoms with Crippen LogP contribution in [-0.4, -0.2) is 75.8 Å². The number of carbonyl (C=O) groups is 3. The molecular formula is C41H71N3O5S2. The maximum atomic E-state index is 12.4. The Bertz CT molecular complexity index is 1050. The predicted octanol–water partition coefficient (Wildman–Crippen LogP) is 9.07. The van der Waals surface area contributed by atoms with E-state index in [0.717, 1.165) is 43.6 Å². The standard InChI is InChI=1S/C35H57N3O5S2.C6H14/c1-6-7-8-9-10-11-12-13-14-15-16-17-18-19-20-21-22-23-31(39)36-26-28-44-45-29-27-37-32(40)24-25-38-34(41)33(43-5)35(2,3)30-42-4;1-3-5-6-4-2/h7-8,10-11,13-14,16-17,19,21,33H,6,9,12,15,18,22-30H2,1-5H3,(H,36,39)(H,37,40)(H,38,41);3-6H2,1-2H3/b8-7-,11-10-,14-13-,17-16-;. The molecule has 0 aromatic rings. The summed E-state index contributed by atoms with van der Waals surface area (Å²) in [5, 5.41) is 8.55. The molecule has 0 aromatic carbocycles. The highest BCUT2D eigenvalue weighted by Crippen LogP contribution is 2.23. The topological polar surface area (TPSA) is 106 Å². The van der Waals surface area contributed by atoms with Gasteiger partial charge in [0.25, 0.3) is 0 Å². The third-order valence-electron chi connectivity index (χ3n) is 7.13. The summed E-state index contributed by atoms with van der Waals surface area (Å²) in [6, 6.07) is 0. The van der Waals surface area contributed by atoms with Gasteiger partial charge in [0.15, 0.2) is 0 Å². The first-order chi connectivity index (χ1) is 24.7. The average Bonchev–Trinajstić information content (AvgIpc) is 3.10. The largest absolute Gasteiger partial charge is 0.384 e. The van der Waals surface area contributed by atoms with Crippen molar-refractivity contribution in [3.63, 3.8) is 0 Å². The number of rotatable bonds is 30. The number of allylic oxidation sites excluding steroid dienone is 9. The molecule has 0 saturated carbocycles. The number of carbonyl (C=O) groups excluding carboxylic acids is 3. The number of unbranched alkanes of at least 4 members (excludes halogenated alkanes) is 3. The van der Waals surface area contributed by atoms with E-state index in [1.165, 1.54) is 32.8 Å². The van der Waals surface area contributed by atoms with Crippen molar-refractivity contribution >= 4 is 39.3 Å². The lowest BCUT2D eigenvalue weighted by atomic mass is 9.86. The summed E-state index contributed by atoms with van der Waals surface area (Å²) in [6.45, 7) is 12.2. The van der Waals surface area contributed by atoms with Gasteiger partial charge in [-0.1, -0.05) is 130 Å². The third kappa shape index (κ3) is 35.7. The first-order valence-corrected chi connectivity index (χ1v) is 21.2. The van der Waals surface area contributed by atoms with Gasteiger partial charge in [0.2, 0.25) is 17.7 Å². The second kappa shape index (κ2) is 38.7. The molecule has 3 amide bonds. The molecule has 51 heavy (non-hydrogen) atoms. The molecule has 10 heteroatoms. The zero-order chi connectivity index (χ0) is 38.3. The van der Waals surface area contributed by atoms with Crippen LogP contribution in [0.4, 0.5) is 0 Å². The van der Waals surface area contributed by atoms with Crippen molar-refractivity contribution < 1.29 is 23.9 Å². The first kappa shape index (κ1) is 50.6. The lowest BCUT2D eigenvalue weighted by Crippen LogP contribution is -2.47. The highest BCUT2D eigenvalue weighted by molar-refractivity contribution is 8.76. The van der Waals surface area contributed by atoms with Gasteiger partial charge in [-0.2, -0.15) is 0 Å². The van der Waals surface area contributed by atoms with Gasteiger partial charge < -0.3 is 25.4 Å². The van der Waals surface area contributed by atoms with Crippen molar-refractivity contribution in [2.45, 2.75) is 118 Å². The van der Waals surface area contributed by atoms with Gasteiger partial charge in [-0.25, -0.2) is 0 Å². The quantitative estimate of drug-likeness (QED) is 0.0291. The fraction of sp³-hybridized carbons (Fsp3) is 0.659. The fourth-order valence-electron chi connectivity index (χ4n) is 4.46. The van der Waals surface area contributed by atoms with Crippen LogP contribution >= 0.6 is 21.6 Å². The van der Waals surface area contributed by atoms with Crippen LogP contribution in [0.25, 0.3) is 0 Å². The number of ether oxygens (including phenoxy) is 2. The molecule has 0 radical (unpaired) electrons. The summed E-state index contributed by atoms with van der Waals surface area (Å²) in [5.74, 6) is 1.22. The van der Waals surface area contributed by atoms with Crippen LogP contribution in [0.3, 0.4) is 0 Å². The highest BCUT2D eigenvalue weighted by Gasteiger charge is 2.35. The Balaban J connectivity index is 0. The van der Waals surface area contributed by atoms with Crippen molar-refractivity contribution in [1.82, 2.24) is 16.0 Å². The molecule has 0 rings (SSSR count). The van der Waals surface area contributed by atoms with Crippen LogP contribution in [-0.2, 0) is 23.9 Å². The van der Waals surface area contributed by atoms with E-state index in [0.29, 0.717) is 32.5 Å². The average molecular weight is 750 g/mol. The SMILES string of the molecule is CC/C=C\C/C=C\C/C=C\C/C=C\CC=C=CCCC(=O)NCCSSCCNC(=O)CCNC(=O)C(OC)C(C)(C)COC.CCCCCC. The number of methoxy groups -OCH3 is 2. The summed E-state index contributed by atoms with van der Waals surface area (Å²) in [7, 11) is 6.38. The van der Waals surface area contributed by atoms with E-state index in [2.05, 4.69) is 91.1 Å². The Morgan fingerprint density at radius 2 is 1.20 bits per heavy atom. The normalized spacial score (nSPS) is 12.1. The summed E-state index contributed by atoms with van der Waals surface area (Å²) in [5.41, 5.74) is 2.65. The van der Waals surface area contributed by atoms with E-state index < -0.39 is 11.5 Å². The molecule has 0 fully saturated rings. The first-order valence-electron chi connectivity index (χ1n) is 18.8. The second-order valence-electron chi connectivity index (χ2n) is 12.5. The fourth-order valence-corrected chi connectivity index (χ4v) is 6.28. The Hall–Kier alpha value is -2.49. The molecule has 0 heterocycles. The Morgan fingerprint density at radius 3 is 1.69 bits per heavy atom. The Morgan fingerprint density at radius 1 is 0.686 bits per heavy atom. The maximum absolute atomic E-state index is 12.4. The second-order valence-corrected chi connectivity index (χ2v) is 15.2. The zero-order valence-electron chi connectivity index (χ0n) is 32.9. The van der Waals surface area contributed by atoms with Crippen LogP contribution in [0.2, 0.25) is 0 Å². The van der Waals surface area contributed by atoms with Crippen molar-refractivity contribution in [1.29, 1.82) is 0 Å². The van der Waals surface area contributed by atoms with Gasteiger partial charge in [0.05, 0.1) is 6.61 Å². The minimum atomic E-state index is -0.662. The molecule has 0 saturated heterocycles. The highest BCUT2D eigenvalue weighted by atomic mass is 33.1. The van der Waals surface area contributed by atoms with Crippen LogP contribution < -0.4 is 16.0 Å². The molecule has 0 bridgehead atoms. The molecule has 1 unspecified atom stereocenters. The molecule has 8 nitrogen and oxygen atoms in total. The number of nitrogens with one attached hydrogen (secondary N) is 3. The zero-order valence-corrected chi connectivity index (χ0v) is 34.6. The Kier molecular flexibility index (Phi) is 38.4. The van der Waals surface area contributed by atoms with Gasteiger partial charge in [-0.3, -0.25) is 14.4 Å². The summed E-state index contributed by atoms with van der Waals surface area (Å²) in [4.78, 5) is 36.4. The van der Waals surface area contributed by atoms with E-state index in [1.807, 2.05) is 26.0 Å². The molecule has 3 N–H and O–H groups in total. The van der Waals surface area contributed by atoms with Crippen molar-refractivity contribution in [3.8, 4) is 0 Å². The smallest absolute Gasteiger partial charge is 0.249 e. The number of amides is 3. The minimum absolute atomic E-state index is 0.0380. The summed E-state index contributed by atoms with van der Waals surface area (Å²) >= 11 is 0. The van der Waals surface area contributed by atoms with Crippen LogP contribution in [0.15, 0.2) is 66.5 Å². The number of hydrogen-bond acceptors (Lipinski definition) is 7. The van der Waals surface area contributed by atoms with Gasteiger partial charge in [-0.05, 0) is 50.7 Å². The van der Waals surface area contributed by atoms with Crippen molar-refractivity contribution in [3.05, 3.63) is 66.5 Å². The maximum Gasteiger partial charge on any atom is 0.249 e. The molecule has 1 atom stereocenters. The van der Waals surface area contributed by atoms with Gasteiger partial charge in [0, 0.05) is 63.6 Å². The molecule has 0 aromatic heterocycles. The van der Waals surface area contributed by atoms with E-state index >= 15 is 0 Å². The van der Waals surface area contributed by atoms with Crippen LogP contribution in [0.5, 0.6) is 0 Å². The van der Waals surface area contributed by atoms with Gasteiger partial charge >= 0.3 is 0 Å². The predicted molar refractivity (Wildman–Crippen MR) is 222 cm³/mol. The minimum Gasteiger partial charge on any atom is -0.384 e. The summed E-state index contributed by atoms with van der Waals surface area (Å²) in [6.07, 6.45) is 32.3. The van der Waals surface area contributed by atoms with Crippen molar-refractivity contribution in [2.24, 2.45) is 5.41 Å². The molecule has 0 spiro atoms. The van der Waals surface area contributed by atoms with Crippen molar-refractivity contribution in [2.75, 3.05) is 52.0 Å². The monoisotopic (exact) mass is 749 g/mol. The lowest BCUT2D eigenvalue weighted by molar-refractivity contribution is -0.140. The van der Waals surface area contributed by atoms with Crippen LogP contribution in [0.1, 0.15) is 112 Å². The molecule has 292 valence electrons. The molecule has 0 aliphatic heterocycles. The molecular weight excluding hydrogens is 679 g/mol.